The van der Waals surface area contributed by atoms with E-state index >= 15 is 0 Å². The lowest BCUT2D eigenvalue weighted by Crippen LogP contribution is -2.52. The third kappa shape index (κ3) is 2.89. The summed E-state index contributed by atoms with van der Waals surface area (Å²) in [6.07, 6.45) is 0. The molecule has 0 spiro atoms. The van der Waals surface area contributed by atoms with Gasteiger partial charge in [0.2, 0.25) is 5.91 Å². The summed E-state index contributed by atoms with van der Waals surface area (Å²) in [5.41, 5.74) is 3.76. The lowest BCUT2D eigenvalue weighted by molar-refractivity contribution is -0.384. The van der Waals surface area contributed by atoms with Crippen molar-refractivity contribution in [3.8, 4) is 0 Å². The van der Waals surface area contributed by atoms with Gasteiger partial charge in [0.15, 0.2) is 0 Å². The van der Waals surface area contributed by atoms with Crippen molar-refractivity contribution < 1.29 is 19.6 Å². The highest BCUT2D eigenvalue weighted by atomic mass is 16.6. The maximum absolute atomic E-state index is 13.4. The highest BCUT2D eigenvalue weighted by molar-refractivity contribution is 5.98. The van der Waals surface area contributed by atoms with E-state index in [-0.39, 0.29) is 11.4 Å². The van der Waals surface area contributed by atoms with Gasteiger partial charge in [0.25, 0.3) is 5.69 Å². The monoisotopic (exact) mass is 413 g/mol. The summed E-state index contributed by atoms with van der Waals surface area (Å²) in [6.45, 7) is 0. The Bertz CT molecular complexity index is 1190. The van der Waals surface area contributed by atoms with Gasteiger partial charge >= 0.3 is 0 Å². The zero-order chi connectivity index (χ0) is 21.7. The molecular formula is C24H17N2O5-. The van der Waals surface area contributed by atoms with E-state index in [0.29, 0.717) is 0 Å². The number of benzene rings is 3. The molecule has 7 nitrogen and oxygen atoms in total. The number of anilines is 1. The van der Waals surface area contributed by atoms with Crippen LogP contribution in [0.4, 0.5) is 11.4 Å². The third-order valence-corrected chi connectivity index (χ3v) is 6.34. The number of aliphatic carboxylic acids is 1. The number of hydrogen-bond acceptors (Lipinski definition) is 5. The van der Waals surface area contributed by atoms with Gasteiger partial charge < -0.3 is 15.2 Å². The minimum absolute atomic E-state index is 0.157. The van der Waals surface area contributed by atoms with Gasteiger partial charge in [-0.15, -0.1) is 0 Å². The molecule has 31 heavy (non-hydrogen) atoms. The number of hydrogen-bond donors (Lipinski definition) is 1. The van der Waals surface area contributed by atoms with Crippen molar-refractivity contribution in [3.05, 3.63) is 105 Å². The molecule has 0 radical (unpaired) electrons. The Morgan fingerprint density at radius 1 is 0.774 bits per heavy atom. The van der Waals surface area contributed by atoms with Crippen molar-refractivity contribution >= 4 is 23.3 Å². The fourth-order valence-corrected chi connectivity index (χ4v) is 5.20. The average Bonchev–Trinajstić information content (AvgIpc) is 2.78. The number of carboxylic acids is 1. The molecule has 3 aliphatic carbocycles. The van der Waals surface area contributed by atoms with Gasteiger partial charge in [0, 0.05) is 41.5 Å². The van der Waals surface area contributed by atoms with Gasteiger partial charge in [0.05, 0.1) is 10.8 Å². The summed E-state index contributed by atoms with van der Waals surface area (Å²) in [7, 11) is 0. The molecule has 2 atom stereocenters. The SMILES string of the molecule is O=C([O-])[C@H]1C2c3ccccc3C(c3ccccc32)[C@@H]1C(=O)Nc1cccc([N+](=O)[O-])c1. The van der Waals surface area contributed by atoms with E-state index in [1.807, 2.05) is 48.5 Å². The first-order valence-electron chi connectivity index (χ1n) is 9.91. The molecule has 3 aromatic rings. The topological polar surface area (TPSA) is 112 Å². The average molecular weight is 413 g/mol. The van der Waals surface area contributed by atoms with Crippen LogP contribution < -0.4 is 10.4 Å². The molecule has 0 unspecified atom stereocenters. The number of nitrogens with one attached hydrogen (secondary N) is 1. The van der Waals surface area contributed by atoms with Crippen LogP contribution in [0.25, 0.3) is 0 Å². The van der Waals surface area contributed by atoms with E-state index in [9.17, 15) is 24.8 Å². The fraction of sp³-hybridized carbons (Fsp3) is 0.167. The fourth-order valence-electron chi connectivity index (χ4n) is 5.20. The van der Waals surface area contributed by atoms with Gasteiger partial charge in [-0.3, -0.25) is 14.9 Å². The zero-order valence-corrected chi connectivity index (χ0v) is 16.2. The minimum atomic E-state index is -1.28. The highest BCUT2D eigenvalue weighted by Gasteiger charge is 2.52. The lowest BCUT2D eigenvalue weighted by Gasteiger charge is -2.50. The van der Waals surface area contributed by atoms with Crippen LogP contribution in [0, 0.1) is 22.0 Å². The summed E-state index contributed by atoms with van der Waals surface area (Å²) >= 11 is 0. The number of nitro benzene ring substituents is 1. The predicted molar refractivity (Wildman–Crippen MR) is 110 cm³/mol. The molecule has 0 aromatic heterocycles. The Morgan fingerprint density at radius 2 is 1.29 bits per heavy atom. The first-order chi connectivity index (χ1) is 15.0. The van der Waals surface area contributed by atoms with E-state index in [1.165, 1.54) is 18.2 Å². The molecule has 0 heterocycles. The Balaban J connectivity index is 1.61. The summed E-state index contributed by atoms with van der Waals surface area (Å²) in [4.78, 5) is 36.2. The van der Waals surface area contributed by atoms with Crippen LogP contribution in [-0.2, 0) is 9.59 Å². The number of non-ortho nitro benzene ring substituents is 1. The number of rotatable bonds is 4. The number of nitrogens with zero attached hydrogens (tertiary/aromatic N) is 1. The molecule has 6 rings (SSSR count). The lowest BCUT2D eigenvalue weighted by atomic mass is 9.54. The van der Waals surface area contributed by atoms with Crippen molar-refractivity contribution in [2.75, 3.05) is 5.32 Å². The van der Waals surface area contributed by atoms with E-state index < -0.39 is 40.5 Å². The van der Waals surface area contributed by atoms with Gasteiger partial charge in [-0.25, -0.2) is 0 Å². The van der Waals surface area contributed by atoms with Crippen molar-refractivity contribution in [1.29, 1.82) is 0 Å². The zero-order valence-electron chi connectivity index (χ0n) is 16.2. The number of carbonyl (C=O) groups excluding carboxylic acids is 2. The van der Waals surface area contributed by atoms with Crippen molar-refractivity contribution in [3.63, 3.8) is 0 Å². The van der Waals surface area contributed by atoms with Gasteiger partial charge in [-0.2, -0.15) is 0 Å². The van der Waals surface area contributed by atoms with Crippen LogP contribution in [0.15, 0.2) is 72.8 Å². The van der Waals surface area contributed by atoms with E-state index in [0.717, 1.165) is 22.3 Å². The molecule has 0 aliphatic heterocycles. The first kappa shape index (κ1) is 19.0. The molecule has 2 bridgehead atoms. The maximum Gasteiger partial charge on any atom is 0.271 e. The van der Waals surface area contributed by atoms with Crippen LogP contribution in [0.1, 0.15) is 34.1 Å². The molecule has 3 aromatic carbocycles. The Morgan fingerprint density at radius 3 is 1.77 bits per heavy atom. The molecular weight excluding hydrogens is 396 g/mol. The number of amides is 1. The van der Waals surface area contributed by atoms with Gasteiger partial charge in [0.1, 0.15) is 0 Å². The van der Waals surface area contributed by atoms with Crippen molar-refractivity contribution in [2.24, 2.45) is 11.8 Å². The van der Waals surface area contributed by atoms with Crippen LogP contribution in [-0.4, -0.2) is 16.8 Å². The summed E-state index contributed by atoms with van der Waals surface area (Å²) in [6, 6.07) is 20.8. The number of carbonyl (C=O) groups is 2. The van der Waals surface area contributed by atoms with Gasteiger partial charge in [-0.1, -0.05) is 54.6 Å². The van der Waals surface area contributed by atoms with Crippen LogP contribution in [0.5, 0.6) is 0 Å². The molecule has 3 aliphatic rings. The molecule has 7 heteroatoms. The standard InChI is InChI=1S/C24H18N2O5/c27-23(25-13-6-5-7-14(12-13)26(30)31)21-19-15-8-1-3-10-17(15)20(22(21)24(28)29)18-11-4-2-9-16(18)19/h1-12,19-22H,(H,25,27)(H,28,29)/p-1/t19?,20?,21-,22-/m0/s1. The Kier molecular flexibility index (Phi) is 4.32. The minimum Gasteiger partial charge on any atom is -0.550 e. The molecule has 1 N–H and O–H groups in total. The largest absolute Gasteiger partial charge is 0.550 e. The third-order valence-electron chi connectivity index (χ3n) is 6.34. The van der Waals surface area contributed by atoms with Crippen LogP contribution >= 0.6 is 0 Å². The smallest absolute Gasteiger partial charge is 0.271 e. The second-order valence-corrected chi connectivity index (χ2v) is 7.88. The second-order valence-electron chi connectivity index (χ2n) is 7.88. The number of nitro groups is 1. The predicted octanol–water partition coefficient (Wildman–Crippen LogP) is 2.81. The van der Waals surface area contributed by atoms with Crippen LogP contribution in [0.3, 0.4) is 0 Å². The highest BCUT2D eigenvalue weighted by Crippen LogP contribution is 2.58. The summed E-state index contributed by atoms with van der Waals surface area (Å²) in [5.74, 6) is -4.67. The summed E-state index contributed by atoms with van der Waals surface area (Å²) in [5, 5.41) is 26.1. The van der Waals surface area contributed by atoms with E-state index in [4.69, 9.17) is 0 Å². The van der Waals surface area contributed by atoms with Crippen molar-refractivity contribution in [2.45, 2.75) is 11.8 Å². The molecule has 1 amide bonds. The van der Waals surface area contributed by atoms with Crippen LogP contribution in [0.2, 0.25) is 0 Å². The Hall–Kier alpha value is -4.00. The second kappa shape index (κ2) is 7.05. The normalized spacial score (nSPS) is 22.8. The first-order valence-corrected chi connectivity index (χ1v) is 9.91. The van der Waals surface area contributed by atoms with Crippen molar-refractivity contribution in [1.82, 2.24) is 0 Å². The number of fused-ring (bicyclic) bond motifs is 1. The van der Waals surface area contributed by atoms with E-state index in [1.54, 1.807) is 6.07 Å². The quantitative estimate of drug-likeness (QED) is 0.522. The number of carboxylic acid groups (broad SMARTS) is 1. The van der Waals surface area contributed by atoms with E-state index in [2.05, 4.69) is 5.32 Å². The molecule has 0 saturated heterocycles. The molecule has 154 valence electrons. The van der Waals surface area contributed by atoms with Gasteiger partial charge in [-0.05, 0) is 28.3 Å². The Labute approximate surface area is 177 Å². The molecule has 0 saturated carbocycles. The summed E-state index contributed by atoms with van der Waals surface area (Å²) < 4.78 is 0. The maximum atomic E-state index is 13.4. The molecule has 0 fully saturated rings.